The molecule has 0 spiro atoms. The van der Waals surface area contributed by atoms with Crippen LogP contribution in [-0.2, 0) is 16.0 Å². The third-order valence-corrected chi connectivity index (χ3v) is 4.25. The Kier molecular flexibility index (Phi) is 5.30. The molecule has 4 N–H and O–H groups in total. The third kappa shape index (κ3) is 4.78. The topological polar surface area (TPSA) is 97.1 Å². The second kappa shape index (κ2) is 7.00. The Morgan fingerprint density at radius 1 is 1.48 bits per heavy atom. The molecule has 1 aromatic heterocycles. The molecule has 1 atom stereocenters. The van der Waals surface area contributed by atoms with E-state index in [0.29, 0.717) is 23.3 Å². The Bertz CT molecular complexity index is 511. The van der Waals surface area contributed by atoms with Gasteiger partial charge in [0, 0.05) is 23.9 Å². The normalized spacial score (nSPS) is 15.8. The van der Waals surface area contributed by atoms with Crippen molar-refractivity contribution in [1.29, 1.82) is 0 Å². The number of thiazole rings is 1. The molecular weight excluding hydrogens is 288 g/mol. The number of carbonyl (C=O) groups excluding carboxylic acids is 2. The van der Waals surface area contributed by atoms with Crippen molar-refractivity contribution in [2.75, 3.05) is 11.9 Å². The first kappa shape index (κ1) is 15.9. The van der Waals surface area contributed by atoms with Crippen LogP contribution >= 0.6 is 11.3 Å². The molecule has 1 aliphatic carbocycles. The SMILES string of the molecule is CC(C)C(=O)Nc1nc(CC(=O)NC(CN)C2CC2)cs1. The monoisotopic (exact) mass is 310 g/mol. The average molecular weight is 310 g/mol. The van der Waals surface area contributed by atoms with Gasteiger partial charge in [-0.05, 0) is 18.8 Å². The first-order valence-electron chi connectivity index (χ1n) is 7.24. The first-order valence-corrected chi connectivity index (χ1v) is 8.12. The van der Waals surface area contributed by atoms with Crippen LogP contribution in [-0.4, -0.2) is 29.4 Å². The van der Waals surface area contributed by atoms with Gasteiger partial charge in [0.1, 0.15) is 0 Å². The zero-order chi connectivity index (χ0) is 15.4. The Morgan fingerprint density at radius 3 is 2.76 bits per heavy atom. The van der Waals surface area contributed by atoms with Crippen LogP contribution in [0.5, 0.6) is 0 Å². The predicted molar refractivity (Wildman–Crippen MR) is 83.0 cm³/mol. The van der Waals surface area contributed by atoms with Gasteiger partial charge in [0.15, 0.2) is 5.13 Å². The molecule has 0 radical (unpaired) electrons. The summed E-state index contributed by atoms with van der Waals surface area (Å²) in [6.07, 6.45) is 2.51. The van der Waals surface area contributed by atoms with E-state index in [0.717, 1.165) is 12.8 Å². The van der Waals surface area contributed by atoms with Crippen LogP contribution in [0.1, 0.15) is 32.4 Å². The van der Waals surface area contributed by atoms with Crippen LogP contribution in [0.3, 0.4) is 0 Å². The van der Waals surface area contributed by atoms with Gasteiger partial charge in [-0.3, -0.25) is 9.59 Å². The summed E-state index contributed by atoms with van der Waals surface area (Å²) in [5, 5.41) is 8.02. The smallest absolute Gasteiger partial charge is 0.228 e. The van der Waals surface area contributed by atoms with Gasteiger partial charge in [0.2, 0.25) is 11.8 Å². The molecule has 1 unspecified atom stereocenters. The number of rotatable bonds is 7. The van der Waals surface area contributed by atoms with Crippen molar-refractivity contribution < 1.29 is 9.59 Å². The Hall–Kier alpha value is -1.47. The molecule has 0 bridgehead atoms. The van der Waals surface area contributed by atoms with E-state index in [2.05, 4.69) is 15.6 Å². The van der Waals surface area contributed by atoms with Crippen LogP contribution in [0, 0.1) is 11.8 Å². The highest BCUT2D eigenvalue weighted by Crippen LogP contribution is 2.32. The van der Waals surface area contributed by atoms with Crippen molar-refractivity contribution in [1.82, 2.24) is 10.3 Å². The molecule has 0 aromatic carbocycles. The number of carbonyl (C=O) groups is 2. The van der Waals surface area contributed by atoms with Gasteiger partial charge in [-0.1, -0.05) is 13.8 Å². The number of nitrogens with zero attached hydrogens (tertiary/aromatic N) is 1. The van der Waals surface area contributed by atoms with Gasteiger partial charge < -0.3 is 16.4 Å². The molecule has 6 nitrogen and oxygen atoms in total. The standard InChI is InChI=1S/C14H22N4O2S/c1-8(2)13(20)18-14-16-10(7-21-14)5-12(19)17-11(6-15)9-3-4-9/h7-9,11H,3-6,15H2,1-2H3,(H,17,19)(H,16,18,20). The summed E-state index contributed by atoms with van der Waals surface area (Å²) in [4.78, 5) is 27.8. The van der Waals surface area contributed by atoms with Crippen molar-refractivity contribution in [3.05, 3.63) is 11.1 Å². The maximum Gasteiger partial charge on any atom is 0.228 e. The lowest BCUT2D eigenvalue weighted by Gasteiger charge is -2.15. The van der Waals surface area contributed by atoms with Crippen molar-refractivity contribution in [2.24, 2.45) is 17.6 Å². The highest BCUT2D eigenvalue weighted by atomic mass is 32.1. The molecule has 21 heavy (non-hydrogen) atoms. The minimum Gasteiger partial charge on any atom is -0.351 e. The van der Waals surface area contributed by atoms with E-state index in [1.54, 1.807) is 5.38 Å². The largest absolute Gasteiger partial charge is 0.351 e. The maximum absolute atomic E-state index is 12.0. The molecular formula is C14H22N4O2S. The maximum atomic E-state index is 12.0. The molecule has 2 rings (SSSR count). The predicted octanol–water partition coefficient (Wildman–Crippen LogP) is 1.13. The van der Waals surface area contributed by atoms with Crippen molar-refractivity contribution in [3.63, 3.8) is 0 Å². The third-order valence-electron chi connectivity index (χ3n) is 3.44. The summed E-state index contributed by atoms with van der Waals surface area (Å²) < 4.78 is 0. The van der Waals surface area contributed by atoms with Crippen LogP contribution in [0.2, 0.25) is 0 Å². The van der Waals surface area contributed by atoms with Gasteiger partial charge >= 0.3 is 0 Å². The summed E-state index contributed by atoms with van der Waals surface area (Å²) >= 11 is 1.33. The molecule has 0 aliphatic heterocycles. The summed E-state index contributed by atoms with van der Waals surface area (Å²) in [6.45, 7) is 4.12. The van der Waals surface area contributed by atoms with Gasteiger partial charge in [-0.25, -0.2) is 4.98 Å². The molecule has 116 valence electrons. The van der Waals surface area contributed by atoms with Crippen molar-refractivity contribution in [2.45, 2.75) is 39.2 Å². The number of nitrogens with two attached hydrogens (primary N) is 1. The van der Waals surface area contributed by atoms with E-state index in [9.17, 15) is 9.59 Å². The van der Waals surface area contributed by atoms with E-state index in [1.165, 1.54) is 11.3 Å². The zero-order valence-corrected chi connectivity index (χ0v) is 13.2. The highest BCUT2D eigenvalue weighted by Gasteiger charge is 2.31. The molecule has 0 saturated heterocycles. The zero-order valence-electron chi connectivity index (χ0n) is 12.4. The van der Waals surface area contributed by atoms with E-state index < -0.39 is 0 Å². The lowest BCUT2D eigenvalue weighted by Crippen LogP contribution is -2.42. The minimum atomic E-state index is -0.0931. The van der Waals surface area contributed by atoms with Crippen LogP contribution in [0.4, 0.5) is 5.13 Å². The lowest BCUT2D eigenvalue weighted by atomic mass is 10.2. The molecule has 1 aliphatic rings. The van der Waals surface area contributed by atoms with E-state index in [4.69, 9.17) is 5.73 Å². The summed E-state index contributed by atoms with van der Waals surface area (Å²) in [5.41, 5.74) is 6.34. The molecule has 2 amide bonds. The first-order chi connectivity index (χ1) is 9.99. The Labute approximate surface area is 128 Å². The molecule has 1 heterocycles. The van der Waals surface area contributed by atoms with Crippen LogP contribution in [0.25, 0.3) is 0 Å². The Morgan fingerprint density at radius 2 is 2.19 bits per heavy atom. The van der Waals surface area contributed by atoms with E-state index in [1.807, 2.05) is 13.8 Å². The number of hydrogen-bond acceptors (Lipinski definition) is 5. The second-order valence-electron chi connectivity index (χ2n) is 5.71. The van der Waals surface area contributed by atoms with E-state index >= 15 is 0 Å². The second-order valence-corrected chi connectivity index (χ2v) is 6.57. The van der Waals surface area contributed by atoms with Crippen LogP contribution < -0.4 is 16.4 Å². The fourth-order valence-electron chi connectivity index (χ4n) is 1.99. The van der Waals surface area contributed by atoms with Crippen LogP contribution in [0.15, 0.2) is 5.38 Å². The molecule has 7 heteroatoms. The molecule has 1 fully saturated rings. The van der Waals surface area contributed by atoms with Crippen molar-refractivity contribution >= 4 is 28.3 Å². The number of nitrogens with one attached hydrogen (secondary N) is 2. The fourth-order valence-corrected chi connectivity index (χ4v) is 2.70. The number of hydrogen-bond donors (Lipinski definition) is 3. The quantitative estimate of drug-likeness (QED) is 0.703. The van der Waals surface area contributed by atoms with Gasteiger partial charge in [0.05, 0.1) is 12.1 Å². The van der Waals surface area contributed by atoms with E-state index in [-0.39, 0.29) is 30.2 Å². The van der Waals surface area contributed by atoms with Crippen molar-refractivity contribution in [3.8, 4) is 0 Å². The highest BCUT2D eigenvalue weighted by molar-refractivity contribution is 7.13. The molecule has 1 aromatic rings. The summed E-state index contributed by atoms with van der Waals surface area (Å²) in [6, 6.07) is 0.0799. The van der Waals surface area contributed by atoms with Gasteiger partial charge in [0.25, 0.3) is 0 Å². The number of aromatic nitrogens is 1. The lowest BCUT2D eigenvalue weighted by molar-refractivity contribution is -0.121. The number of anilines is 1. The number of amides is 2. The fraction of sp³-hybridized carbons (Fsp3) is 0.643. The Balaban J connectivity index is 1.83. The average Bonchev–Trinajstić information content (AvgIpc) is 3.18. The minimum absolute atomic E-state index is 0.0654. The van der Waals surface area contributed by atoms with Gasteiger partial charge in [-0.2, -0.15) is 0 Å². The van der Waals surface area contributed by atoms with Gasteiger partial charge in [-0.15, -0.1) is 11.3 Å². The molecule has 1 saturated carbocycles. The summed E-state index contributed by atoms with van der Waals surface area (Å²) in [7, 11) is 0. The summed E-state index contributed by atoms with van der Waals surface area (Å²) in [5.74, 6) is 0.307.